The van der Waals surface area contributed by atoms with Crippen LogP contribution in [0.25, 0.3) is 0 Å². The molecule has 0 atom stereocenters. The molecule has 0 radical (unpaired) electrons. The number of benzene rings is 1. The molecule has 2 rings (SSSR count). The molecule has 1 heterocycles. The van der Waals surface area contributed by atoms with Crippen molar-refractivity contribution in [2.45, 2.75) is 18.0 Å². The molecular formula is C12H14FN5OS. The molecule has 0 unspecified atom stereocenters. The van der Waals surface area contributed by atoms with Gasteiger partial charge in [0, 0.05) is 18.6 Å². The number of nitrogen functional groups attached to an aromatic ring is 1. The van der Waals surface area contributed by atoms with Crippen molar-refractivity contribution in [1.29, 1.82) is 0 Å². The lowest BCUT2D eigenvalue weighted by Crippen LogP contribution is -2.15. The van der Waals surface area contributed by atoms with Gasteiger partial charge in [-0.1, -0.05) is 30.0 Å². The number of carbonyl (C=O) groups is 1. The SMILES string of the molecule is NC(=O)CCSc1nnc(Cc2ccccc2F)n1N. The zero-order valence-electron chi connectivity index (χ0n) is 10.6. The summed E-state index contributed by atoms with van der Waals surface area (Å²) in [6.45, 7) is 0. The van der Waals surface area contributed by atoms with Gasteiger partial charge >= 0.3 is 0 Å². The first kappa shape index (κ1) is 14.3. The fourth-order valence-corrected chi connectivity index (χ4v) is 2.41. The van der Waals surface area contributed by atoms with E-state index in [-0.39, 0.29) is 24.6 Å². The third kappa shape index (κ3) is 3.47. The molecule has 20 heavy (non-hydrogen) atoms. The van der Waals surface area contributed by atoms with E-state index in [1.807, 2.05) is 0 Å². The van der Waals surface area contributed by atoms with Gasteiger partial charge in [-0.05, 0) is 11.6 Å². The Hall–Kier alpha value is -2.09. The van der Waals surface area contributed by atoms with Crippen molar-refractivity contribution in [2.24, 2.45) is 5.73 Å². The number of nitrogens with two attached hydrogens (primary N) is 2. The van der Waals surface area contributed by atoms with Gasteiger partial charge in [0.1, 0.15) is 5.82 Å². The molecule has 0 aliphatic rings. The number of rotatable bonds is 6. The van der Waals surface area contributed by atoms with Gasteiger partial charge in [0.15, 0.2) is 5.82 Å². The van der Waals surface area contributed by atoms with Gasteiger partial charge in [-0.15, -0.1) is 10.2 Å². The van der Waals surface area contributed by atoms with Crippen molar-refractivity contribution >= 4 is 17.7 Å². The van der Waals surface area contributed by atoms with E-state index in [9.17, 15) is 9.18 Å². The van der Waals surface area contributed by atoms with E-state index < -0.39 is 0 Å². The highest BCUT2D eigenvalue weighted by molar-refractivity contribution is 7.99. The molecule has 2 aromatic rings. The van der Waals surface area contributed by atoms with Gasteiger partial charge in [-0.3, -0.25) is 4.79 Å². The van der Waals surface area contributed by atoms with E-state index >= 15 is 0 Å². The number of carbonyl (C=O) groups excluding carboxylic acids is 1. The molecule has 0 spiro atoms. The fraction of sp³-hybridized carbons (Fsp3) is 0.250. The van der Waals surface area contributed by atoms with Crippen molar-refractivity contribution in [3.8, 4) is 0 Å². The second-order valence-corrected chi connectivity index (χ2v) is 5.16. The Morgan fingerprint density at radius 1 is 1.35 bits per heavy atom. The molecule has 106 valence electrons. The Labute approximate surface area is 119 Å². The summed E-state index contributed by atoms with van der Waals surface area (Å²) in [5, 5.41) is 8.32. The summed E-state index contributed by atoms with van der Waals surface area (Å²) >= 11 is 1.28. The molecule has 1 aromatic heterocycles. The van der Waals surface area contributed by atoms with E-state index in [1.165, 1.54) is 22.5 Å². The predicted molar refractivity (Wildman–Crippen MR) is 73.9 cm³/mol. The molecule has 0 aliphatic carbocycles. The average Bonchev–Trinajstić information content (AvgIpc) is 2.74. The van der Waals surface area contributed by atoms with Crippen LogP contribution in [-0.4, -0.2) is 26.5 Å². The smallest absolute Gasteiger partial charge is 0.218 e. The Balaban J connectivity index is 2.05. The third-order valence-corrected chi connectivity index (χ3v) is 3.57. The number of aromatic nitrogens is 3. The van der Waals surface area contributed by atoms with Crippen molar-refractivity contribution in [3.05, 3.63) is 41.5 Å². The van der Waals surface area contributed by atoms with Crippen LogP contribution in [0.15, 0.2) is 29.4 Å². The van der Waals surface area contributed by atoms with Gasteiger partial charge in [0.25, 0.3) is 0 Å². The lowest BCUT2D eigenvalue weighted by molar-refractivity contribution is -0.117. The highest BCUT2D eigenvalue weighted by atomic mass is 32.2. The van der Waals surface area contributed by atoms with E-state index in [4.69, 9.17) is 11.6 Å². The molecule has 0 saturated heterocycles. The summed E-state index contributed by atoms with van der Waals surface area (Å²) in [7, 11) is 0. The Morgan fingerprint density at radius 2 is 2.10 bits per heavy atom. The Bertz CT molecular complexity index is 616. The van der Waals surface area contributed by atoms with Gasteiger partial charge in [-0.2, -0.15) is 0 Å². The van der Waals surface area contributed by atoms with E-state index in [0.717, 1.165) is 0 Å². The third-order valence-electron chi connectivity index (χ3n) is 2.62. The van der Waals surface area contributed by atoms with Crippen molar-refractivity contribution in [3.63, 3.8) is 0 Å². The van der Waals surface area contributed by atoms with Gasteiger partial charge in [0.2, 0.25) is 11.1 Å². The van der Waals surface area contributed by atoms with Crippen LogP contribution < -0.4 is 11.6 Å². The maximum absolute atomic E-state index is 13.6. The van der Waals surface area contributed by atoms with E-state index in [2.05, 4.69) is 10.2 Å². The Kier molecular flexibility index (Phi) is 4.57. The topological polar surface area (TPSA) is 99.8 Å². The van der Waals surface area contributed by atoms with Crippen LogP contribution in [0.1, 0.15) is 17.8 Å². The Morgan fingerprint density at radius 3 is 2.80 bits per heavy atom. The van der Waals surface area contributed by atoms with E-state index in [0.29, 0.717) is 22.3 Å². The number of halogens is 1. The number of nitrogens with zero attached hydrogens (tertiary/aromatic N) is 3. The summed E-state index contributed by atoms with van der Waals surface area (Å²) in [6, 6.07) is 6.42. The minimum Gasteiger partial charge on any atom is -0.370 e. The molecule has 0 aliphatic heterocycles. The summed E-state index contributed by atoms with van der Waals surface area (Å²) in [4.78, 5) is 10.7. The molecule has 0 saturated carbocycles. The molecule has 4 N–H and O–H groups in total. The molecule has 6 nitrogen and oxygen atoms in total. The second-order valence-electron chi connectivity index (χ2n) is 4.10. The first-order chi connectivity index (χ1) is 9.58. The maximum Gasteiger partial charge on any atom is 0.218 e. The minimum absolute atomic E-state index is 0.236. The van der Waals surface area contributed by atoms with Crippen LogP contribution in [0.3, 0.4) is 0 Å². The van der Waals surface area contributed by atoms with Crippen molar-refractivity contribution < 1.29 is 9.18 Å². The minimum atomic E-state index is -0.382. The lowest BCUT2D eigenvalue weighted by atomic mass is 10.1. The zero-order valence-corrected chi connectivity index (χ0v) is 11.4. The van der Waals surface area contributed by atoms with Crippen LogP contribution in [0.5, 0.6) is 0 Å². The number of hydrogen-bond donors (Lipinski definition) is 2. The van der Waals surface area contributed by atoms with Crippen LogP contribution in [0.2, 0.25) is 0 Å². The molecule has 8 heteroatoms. The van der Waals surface area contributed by atoms with Crippen LogP contribution in [0.4, 0.5) is 4.39 Å². The van der Waals surface area contributed by atoms with Gasteiger partial charge in [-0.25, -0.2) is 9.07 Å². The number of amides is 1. The standard InChI is InChI=1S/C12H14FN5OS/c13-9-4-2-1-3-8(9)7-11-16-17-12(18(11)15)20-6-5-10(14)19/h1-4H,5-7,15H2,(H2,14,19). The van der Waals surface area contributed by atoms with Crippen molar-refractivity contribution in [2.75, 3.05) is 11.6 Å². The molecule has 1 amide bonds. The van der Waals surface area contributed by atoms with E-state index in [1.54, 1.807) is 18.2 Å². The summed E-state index contributed by atoms with van der Waals surface area (Å²) in [5.74, 6) is 6.09. The lowest BCUT2D eigenvalue weighted by Gasteiger charge is -2.04. The molecule has 1 aromatic carbocycles. The van der Waals surface area contributed by atoms with Gasteiger partial charge < -0.3 is 11.6 Å². The largest absolute Gasteiger partial charge is 0.370 e. The quantitative estimate of drug-likeness (QED) is 0.603. The normalized spacial score (nSPS) is 10.7. The summed E-state index contributed by atoms with van der Waals surface area (Å²) in [5.41, 5.74) is 5.55. The first-order valence-corrected chi connectivity index (χ1v) is 6.90. The summed E-state index contributed by atoms with van der Waals surface area (Å²) < 4.78 is 14.9. The van der Waals surface area contributed by atoms with Crippen LogP contribution in [0, 0.1) is 5.82 Å². The average molecular weight is 295 g/mol. The highest BCUT2D eigenvalue weighted by Crippen LogP contribution is 2.17. The highest BCUT2D eigenvalue weighted by Gasteiger charge is 2.12. The monoisotopic (exact) mass is 295 g/mol. The number of primary amides is 1. The summed E-state index contributed by atoms with van der Waals surface area (Å²) in [6.07, 6.45) is 0.493. The van der Waals surface area contributed by atoms with Crippen LogP contribution in [-0.2, 0) is 11.2 Å². The molecule has 0 bridgehead atoms. The molecular weight excluding hydrogens is 281 g/mol. The number of hydrogen-bond acceptors (Lipinski definition) is 5. The van der Waals surface area contributed by atoms with Gasteiger partial charge in [0.05, 0.1) is 0 Å². The zero-order chi connectivity index (χ0) is 14.5. The predicted octanol–water partition coefficient (Wildman–Crippen LogP) is 0.689. The maximum atomic E-state index is 13.6. The second kappa shape index (κ2) is 6.38. The van der Waals surface area contributed by atoms with Crippen molar-refractivity contribution in [1.82, 2.24) is 14.9 Å². The van der Waals surface area contributed by atoms with Crippen LogP contribution >= 0.6 is 11.8 Å². The fourth-order valence-electron chi connectivity index (χ4n) is 1.58. The number of thioether (sulfide) groups is 1. The molecule has 0 fully saturated rings. The first-order valence-electron chi connectivity index (χ1n) is 5.92.